The quantitative estimate of drug-likeness (QED) is 0.664. The first kappa shape index (κ1) is 19.7. The van der Waals surface area contributed by atoms with Crippen LogP contribution in [0.3, 0.4) is 0 Å². The van der Waals surface area contributed by atoms with Crippen LogP contribution in [-0.2, 0) is 11.2 Å². The summed E-state index contributed by atoms with van der Waals surface area (Å²) in [6.07, 6.45) is 0.637. The lowest BCUT2D eigenvalue weighted by atomic mass is 10.2. The number of morpholine rings is 1. The van der Waals surface area contributed by atoms with Crippen LogP contribution in [0, 0.1) is 13.8 Å². The van der Waals surface area contributed by atoms with Gasteiger partial charge in [-0.2, -0.15) is 5.10 Å². The van der Waals surface area contributed by atoms with Gasteiger partial charge in [-0.05, 0) is 44.2 Å². The van der Waals surface area contributed by atoms with Crippen LogP contribution in [0.5, 0.6) is 5.75 Å². The molecule has 1 saturated heterocycles. The van der Waals surface area contributed by atoms with Gasteiger partial charge < -0.3 is 14.4 Å². The Morgan fingerprint density at radius 2 is 2.03 bits per heavy atom. The third-order valence-corrected chi connectivity index (χ3v) is 5.03. The number of nitrogens with one attached hydrogen (secondary N) is 1. The van der Waals surface area contributed by atoms with E-state index in [1.54, 1.807) is 0 Å². The van der Waals surface area contributed by atoms with E-state index in [-0.39, 0.29) is 6.10 Å². The second kappa shape index (κ2) is 8.80. The Balaban J connectivity index is 1.35. The van der Waals surface area contributed by atoms with Gasteiger partial charge in [0.05, 0.1) is 25.5 Å². The predicted molar refractivity (Wildman–Crippen MR) is 112 cm³/mol. The van der Waals surface area contributed by atoms with Gasteiger partial charge in [-0.15, -0.1) is 0 Å². The second-order valence-corrected chi connectivity index (χ2v) is 7.53. The maximum atomic E-state index is 5.96. The smallest absolute Gasteiger partial charge is 0.132 e. The Morgan fingerprint density at radius 1 is 1.21 bits per heavy atom. The molecule has 4 rings (SSSR count). The highest BCUT2D eigenvalue weighted by Crippen LogP contribution is 2.25. The number of benzene rings is 1. The SMILES string of the molecule is Cc1cc(N2CCO[C@@H](c3cc(CCOc4ccc(Cl)cc4)[nH]n3)C2)nc(C)n1. The van der Waals surface area contributed by atoms with Crippen molar-refractivity contribution in [3.8, 4) is 5.75 Å². The molecule has 1 aliphatic heterocycles. The molecule has 1 N–H and O–H groups in total. The summed E-state index contributed by atoms with van der Waals surface area (Å²) in [5.41, 5.74) is 2.89. The number of hydrogen-bond acceptors (Lipinski definition) is 6. The van der Waals surface area contributed by atoms with Gasteiger partial charge in [0.15, 0.2) is 0 Å². The van der Waals surface area contributed by atoms with E-state index in [2.05, 4.69) is 31.1 Å². The van der Waals surface area contributed by atoms with Crippen LogP contribution in [0.1, 0.15) is 29.0 Å². The largest absolute Gasteiger partial charge is 0.493 e. The molecule has 0 spiro atoms. The van der Waals surface area contributed by atoms with Gasteiger partial charge in [0, 0.05) is 35.4 Å². The number of aryl methyl sites for hydroxylation is 2. The molecule has 0 aliphatic carbocycles. The minimum Gasteiger partial charge on any atom is -0.493 e. The Morgan fingerprint density at radius 3 is 2.83 bits per heavy atom. The zero-order valence-electron chi connectivity index (χ0n) is 16.6. The first-order valence-corrected chi connectivity index (χ1v) is 10.1. The molecule has 8 heteroatoms. The van der Waals surface area contributed by atoms with Crippen molar-refractivity contribution in [1.29, 1.82) is 0 Å². The first-order chi connectivity index (χ1) is 14.1. The van der Waals surface area contributed by atoms with Crippen molar-refractivity contribution in [2.45, 2.75) is 26.4 Å². The molecule has 0 bridgehead atoms. The summed E-state index contributed by atoms with van der Waals surface area (Å²) >= 11 is 5.89. The van der Waals surface area contributed by atoms with Gasteiger partial charge in [0.25, 0.3) is 0 Å². The molecule has 3 heterocycles. The van der Waals surface area contributed by atoms with E-state index >= 15 is 0 Å². The maximum absolute atomic E-state index is 5.96. The Bertz CT molecular complexity index is 940. The fourth-order valence-electron chi connectivity index (χ4n) is 3.38. The highest BCUT2D eigenvalue weighted by atomic mass is 35.5. The van der Waals surface area contributed by atoms with Crippen LogP contribution in [0.2, 0.25) is 5.02 Å². The van der Waals surface area contributed by atoms with Crippen molar-refractivity contribution in [3.63, 3.8) is 0 Å². The van der Waals surface area contributed by atoms with Crippen LogP contribution in [-0.4, -0.2) is 46.5 Å². The van der Waals surface area contributed by atoms with Gasteiger partial charge in [0.2, 0.25) is 0 Å². The number of hydrogen-bond donors (Lipinski definition) is 1. The molecule has 152 valence electrons. The number of nitrogens with zero attached hydrogens (tertiary/aromatic N) is 4. The van der Waals surface area contributed by atoms with Crippen molar-refractivity contribution in [1.82, 2.24) is 20.2 Å². The van der Waals surface area contributed by atoms with E-state index in [1.807, 2.05) is 44.2 Å². The van der Waals surface area contributed by atoms with Crippen LogP contribution in [0.4, 0.5) is 5.82 Å². The molecule has 1 aliphatic rings. The summed E-state index contributed by atoms with van der Waals surface area (Å²) in [5, 5.41) is 8.25. The van der Waals surface area contributed by atoms with Gasteiger partial charge >= 0.3 is 0 Å². The molecular formula is C21H24ClN5O2. The normalized spacial score (nSPS) is 16.8. The van der Waals surface area contributed by atoms with Crippen molar-refractivity contribution in [3.05, 3.63) is 64.3 Å². The van der Waals surface area contributed by atoms with E-state index in [0.717, 1.165) is 47.4 Å². The summed E-state index contributed by atoms with van der Waals surface area (Å²) in [7, 11) is 0. The standard InChI is InChI=1S/C21H24ClN5O2/c1-14-11-21(24-15(2)23-14)27-8-10-29-20(13-27)19-12-17(25-26-19)7-9-28-18-5-3-16(22)4-6-18/h3-6,11-12,20H,7-10,13H2,1-2H3,(H,25,26)/t20-/m1/s1. The number of ether oxygens (including phenoxy) is 2. The lowest BCUT2D eigenvalue weighted by Crippen LogP contribution is -2.39. The zero-order valence-corrected chi connectivity index (χ0v) is 17.3. The molecule has 2 aromatic heterocycles. The minimum atomic E-state index is -0.0958. The molecule has 1 fully saturated rings. The third-order valence-electron chi connectivity index (χ3n) is 4.78. The molecule has 29 heavy (non-hydrogen) atoms. The van der Waals surface area contributed by atoms with Crippen molar-refractivity contribution in [2.75, 3.05) is 31.2 Å². The molecule has 7 nitrogen and oxygen atoms in total. The highest BCUT2D eigenvalue weighted by Gasteiger charge is 2.25. The molecule has 1 aromatic carbocycles. The number of aromatic nitrogens is 4. The zero-order chi connectivity index (χ0) is 20.2. The number of rotatable bonds is 6. The molecular weight excluding hydrogens is 390 g/mol. The predicted octanol–water partition coefficient (Wildman–Crippen LogP) is 3.67. The van der Waals surface area contributed by atoms with Crippen molar-refractivity contribution in [2.24, 2.45) is 0 Å². The lowest BCUT2D eigenvalue weighted by Gasteiger charge is -2.33. The molecule has 3 aromatic rings. The molecule has 0 amide bonds. The van der Waals surface area contributed by atoms with Gasteiger partial charge in [0.1, 0.15) is 23.5 Å². The van der Waals surface area contributed by atoms with E-state index in [0.29, 0.717) is 24.8 Å². The van der Waals surface area contributed by atoms with Crippen molar-refractivity contribution >= 4 is 17.4 Å². The van der Waals surface area contributed by atoms with Gasteiger partial charge in [-0.1, -0.05) is 11.6 Å². The van der Waals surface area contributed by atoms with Crippen LogP contribution >= 0.6 is 11.6 Å². The second-order valence-electron chi connectivity index (χ2n) is 7.09. The van der Waals surface area contributed by atoms with E-state index in [1.165, 1.54) is 0 Å². The number of aromatic amines is 1. The fourth-order valence-corrected chi connectivity index (χ4v) is 3.50. The van der Waals surface area contributed by atoms with E-state index in [9.17, 15) is 0 Å². The van der Waals surface area contributed by atoms with Crippen molar-refractivity contribution < 1.29 is 9.47 Å². The van der Waals surface area contributed by atoms with Crippen LogP contribution in [0.15, 0.2) is 36.4 Å². The molecule has 0 saturated carbocycles. The molecule has 0 radical (unpaired) electrons. The Kier molecular flexibility index (Phi) is 5.97. The topological polar surface area (TPSA) is 76.2 Å². The summed E-state index contributed by atoms with van der Waals surface area (Å²) in [6.45, 7) is 6.61. The maximum Gasteiger partial charge on any atom is 0.132 e. The summed E-state index contributed by atoms with van der Waals surface area (Å²) in [4.78, 5) is 11.2. The van der Waals surface area contributed by atoms with Gasteiger partial charge in [-0.25, -0.2) is 9.97 Å². The summed E-state index contributed by atoms with van der Waals surface area (Å²) in [6, 6.07) is 11.4. The highest BCUT2D eigenvalue weighted by molar-refractivity contribution is 6.30. The average Bonchev–Trinajstić information content (AvgIpc) is 3.18. The van der Waals surface area contributed by atoms with Crippen LogP contribution in [0.25, 0.3) is 0 Å². The van der Waals surface area contributed by atoms with Gasteiger partial charge in [-0.3, -0.25) is 5.10 Å². The lowest BCUT2D eigenvalue weighted by molar-refractivity contribution is 0.0367. The monoisotopic (exact) mass is 413 g/mol. The Labute approximate surface area is 175 Å². The summed E-state index contributed by atoms with van der Waals surface area (Å²) in [5.74, 6) is 2.53. The van der Waals surface area contributed by atoms with Crippen LogP contribution < -0.4 is 9.64 Å². The number of anilines is 1. The number of halogens is 1. The first-order valence-electron chi connectivity index (χ1n) is 9.68. The van der Waals surface area contributed by atoms with E-state index in [4.69, 9.17) is 21.1 Å². The summed E-state index contributed by atoms with van der Waals surface area (Å²) < 4.78 is 11.7. The Hall–Kier alpha value is -2.64. The molecule has 0 unspecified atom stereocenters. The van der Waals surface area contributed by atoms with E-state index < -0.39 is 0 Å². The third kappa shape index (κ3) is 5.05. The minimum absolute atomic E-state index is 0.0958. The fraction of sp³-hybridized carbons (Fsp3) is 0.381. The average molecular weight is 414 g/mol. The molecule has 1 atom stereocenters. The number of H-pyrrole nitrogens is 1.